The maximum Gasteiger partial charge on any atom is 0.274 e. The molecule has 1 amide bonds. The number of likely N-dealkylation sites (tertiary alicyclic amines) is 1. The quantitative estimate of drug-likeness (QED) is 0.713. The van der Waals surface area contributed by atoms with Gasteiger partial charge in [-0.05, 0) is 25.0 Å². The molecule has 2 aromatic heterocycles. The molecule has 0 saturated carbocycles. The van der Waals surface area contributed by atoms with E-state index in [1.165, 1.54) is 18.6 Å². The Morgan fingerprint density at radius 1 is 1.31 bits per heavy atom. The maximum atomic E-state index is 12.7. The van der Waals surface area contributed by atoms with Gasteiger partial charge in [0.1, 0.15) is 17.5 Å². The van der Waals surface area contributed by atoms with E-state index in [1.807, 2.05) is 24.3 Å². The van der Waals surface area contributed by atoms with Crippen molar-refractivity contribution in [3.63, 3.8) is 0 Å². The fourth-order valence-electron chi connectivity index (χ4n) is 3.13. The van der Waals surface area contributed by atoms with Crippen molar-refractivity contribution >= 4 is 5.91 Å². The number of para-hydroxylation sites is 1. The second-order valence-corrected chi connectivity index (χ2v) is 5.90. The van der Waals surface area contributed by atoms with Gasteiger partial charge in [-0.3, -0.25) is 9.78 Å². The number of rotatable bonds is 4. The van der Waals surface area contributed by atoms with Crippen LogP contribution in [0.4, 0.5) is 0 Å². The van der Waals surface area contributed by atoms with E-state index in [9.17, 15) is 4.79 Å². The average molecular weight is 351 g/mol. The lowest BCUT2D eigenvalue weighted by atomic mass is 10.2. The van der Waals surface area contributed by atoms with Crippen molar-refractivity contribution in [3.05, 3.63) is 54.4 Å². The van der Waals surface area contributed by atoms with E-state index < -0.39 is 0 Å². The molecule has 0 radical (unpaired) electrons. The minimum absolute atomic E-state index is 0.183. The normalized spacial score (nSPS) is 16.7. The van der Waals surface area contributed by atoms with Crippen LogP contribution in [0.5, 0.6) is 5.75 Å². The van der Waals surface area contributed by atoms with Gasteiger partial charge in [-0.2, -0.15) is 4.98 Å². The molecule has 1 atom stereocenters. The Hall–Kier alpha value is -3.29. The molecule has 1 fully saturated rings. The Morgan fingerprint density at radius 3 is 3.00 bits per heavy atom. The highest BCUT2D eigenvalue weighted by atomic mass is 16.5. The molecule has 0 bridgehead atoms. The van der Waals surface area contributed by atoms with Crippen LogP contribution in [0.2, 0.25) is 0 Å². The SMILES string of the molecule is COc1ccccc1-c1noc([C@H]2CCCN2C(=O)c2cnccn2)n1. The van der Waals surface area contributed by atoms with Crippen molar-refractivity contribution in [1.82, 2.24) is 25.0 Å². The first-order valence-corrected chi connectivity index (χ1v) is 8.32. The molecule has 0 spiro atoms. The molecule has 4 rings (SSSR count). The zero-order valence-electron chi connectivity index (χ0n) is 14.2. The number of hydrogen-bond donors (Lipinski definition) is 0. The van der Waals surface area contributed by atoms with Gasteiger partial charge in [-0.1, -0.05) is 17.3 Å². The number of methoxy groups -OCH3 is 1. The number of amides is 1. The van der Waals surface area contributed by atoms with Crippen LogP contribution in [-0.4, -0.2) is 44.6 Å². The van der Waals surface area contributed by atoms with Crippen molar-refractivity contribution in [3.8, 4) is 17.1 Å². The van der Waals surface area contributed by atoms with Crippen LogP contribution in [0.3, 0.4) is 0 Å². The molecule has 1 saturated heterocycles. The van der Waals surface area contributed by atoms with Crippen molar-refractivity contribution in [1.29, 1.82) is 0 Å². The van der Waals surface area contributed by atoms with E-state index >= 15 is 0 Å². The van der Waals surface area contributed by atoms with Crippen molar-refractivity contribution < 1.29 is 14.1 Å². The summed E-state index contributed by atoms with van der Waals surface area (Å²) in [7, 11) is 1.60. The van der Waals surface area contributed by atoms with Gasteiger partial charge in [-0.25, -0.2) is 4.98 Å². The van der Waals surface area contributed by atoms with Gasteiger partial charge < -0.3 is 14.2 Å². The van der Waals surface area contributed by atoms with Crippen LogP contribution >= 0.6 is 0 Å². The number of carbonyl (C=O) groups excluding carboxylic acids is 1. The monoisotopic (exact) mass is 351 g/mol. The first kappa shape index (κ1) is 16.2. The van der Waals surface area contributed by atoms with Crippen molar-refractivity contribution in [2.24, 2.45) is 0 Å². The minimum atomic E-state index is -0.263. The average Bonchev–Trinajstić information content (AvgIpc) is 3.37. The fourth-order valence-corrected chi connectivity index (χ4v) is 3.13. The second-order valence-electron chi connectivity index (χ2n) is 5.90. The number of ether oxygens (including phenoxy) is 1. The Balaban J connectivity index is 1.61. The Bertz CT molecular complexity index is 912. The standard InChI is InChI=1S/C18H17N5O3/c1-25-15-7-3-2-5-12(15)16-21-17(26-22-16)14-6-4-10-23(14)18(24)13-11-19-8-9-20-13/h2-3,5,7-9,11,14H,4,6,10H2,1H3/t14-/m1/s1. The highest BCUT2D eigenvalue weighted by Crippen LogP contribution is 2.34. The third kappa shape index (κ3) is 2.90. The van der Waals surface area contributed by atoms with Crippen molar-refractivity contribution in [2.45, 2.75) is 18.9 Å². The number of nitrogens with zero attached hydrogens (tertiary/aromatic N) is 5. The lowest BCUT2D eigenvalue weighted by Gasteiger charge is -2.21. The van der Waals surface area contributed by atoms with E-state index in [4.69, 9.17) is 9.26 Å². The highest BCUT2D eigenvalue weighted by Gasteiger charge is 2.35. The summed E-state index contributed by atoms with van der Waals surface area (Å²) in [6.45, 7) is 0.618. The molecule has 0 aliphatic carbocycles. The molecule has 3 heterocycles. The molecule has 8 nitrogen and oxygen atoms in total. The van der Waals surface area contributed by atoms with Gasteiger partial charge in [-0.15, -0.1) is 0 Å². The maximum absolute atomic E-state index is 12.7. The Kier molecular flexibility index (Phi) is 4.30. The lowest BCUT2D eigenvalue weighted by Crippen LogP contribution is -2.31. The first-order valence-electron chi connectivity index (χ1n) is 8.32. The Labute approximate surface area is 149 Å². The molecule has 0 N–H and O–H groups in total. The number of benzene rings is 1. The predicted molar refractivity (Wildman–Crippen MR) is 91.3 cm³/mol. The van der Waals surface area contributed by atoms with Crippen molar-refractivity contribution in [2.75, 3.05) is 13.7 Å². The van der Waals surface area contributed by atoms with Crippen LogP contribution in [-0.2, 0) is 0 Å². The second kappa shape index (κ2) is 6.91. The smallest absolute Gasteiger partial charge is 0.274 e. The minimum Gasteiger partial charge on any atom is -0.496 e. The molecule has 8 heteroatoms. The Morgan fingerprint density at radius 2 is 2.19 bits per heavy atom. The summed E-state index contributed by atoms with van der Waals surface area (Å²) < 4.78 is 10.8. The third-order valence-electron chi connectivity index (χ3n) is 4.37. The number of hydrogen-bond acceptors (Lipinski definition) is 7. The van der Waals surface area contributed by atoms with E-state index in [2.05, 4.69) is 20.1 Å². The van der Waals surface area contributed by atoms with Gasteiger partial charge in [0.25, 0.3) is 5.91 Å². The van der Waals surface area contributed by atoms with E-state index in [0.29, 0.717) is 29.7 Å². The van der Waals surface area contributed by atoms with Crippen LogP contribution in [0.1, 0.15) is 35.3 Å². The first-order chi connectivity index (χ1) is 12.8. The van der Waals surface area contributed by atoms with E-state index in [-0.39, 0.29) is 11.9 Å². The van der Waals surface area contributed by atoms with Crippen LogP contribution in [0, 0.1) is 0 Å². The largest absolute Gasteiger partial charge is 0.496 e. The fraction of sp³-hybridized carbons (Fsp3) is 0.278. The third-order valence-corrected chi connectivity index (χ3v) is 4.37. The van der Waals surface area contributed by atoms with E-state index in [1.54, 1.807) is 12.0 Å². The van der Waals surface area contributed by atoms with Crippen LogP contribution in [0.15, 0.2) is 47.4 Å². The molecule has 1 aliphatic heterocycles. The molecule has 1 aliphatic rings. The zero-order chi connectivity index (χ0) is 17.9. The molecule has 26 heavy (non-hydrogen) atoms. The molecule has 3 aromatic rings. The predicted octanol–water partition coefficient (Wildman–Crippen LogP) is 2.51. The zero-order valence-corrected chi connectivity index (χ0v) is 14.2. The summed E-state index contributed by atoms with van der Waals surface area (Å²) in [5.74, 6) is 1.34. The molecular weight excluding hydrogens is 334 g/mol. The summed E-state index contributed by atoms with van der Waals surface area (Å²) in [6.07, 6.45) is 6.13. The number of carbonyl (C=O) groups is 1. The topological polar surface area (TPSA) is 94.2 Å². The summed E-state index contributed by atoms with van der Waals surface area (Å²) in [5.41, 5.74) is 1.05. The summed E-state index contributed by atoms with van der Waals surface area (Å²) in [5, 5.41) is 4.07. The van der Waals surface area contributed by atoms with Crippen LogP contribution in [0.25, 0.3) is 11.4 Å². The summed E-state index contributed by atoms with van der Waals surface area (Å²) in [6, 6.07) is 7.20. The van der Waals surface area contributed by atoms with E-state index in [0.717, 1.165) is 18.4 Å². The number of aromatic nitrogens is 4. The van der Waals surface area contributed by atoms with Gasteiger partial charge in [0.2, 0.25) is 11.7 Å². The molecular formula is C18H17N5O3. The van der Waals surface area contributed by atoms with Gasteiger partial charge in [0, 0.05) is 18.9 Å². The molecule has 0 unspecified atom stereocenters. The van der Waals surface area contributed by atoms with Crippen LogP contribution < -0.4 is 4.74 Å². The summed E-state index contributed by atoms with van der Waals surface area (Å²) in [4.78, 5) is 27.0. The molecule has 1 aromatic carbocycles. The van der Waals surface area contributed by atoms with Gasteiger partial charge in [0.15, 0.2) is 0 Å². The summed E-state index contributed by atoms with van der Waals surface area (Å²) >= 11 is 0. The van der Waals surface area contributed by atoms with Gasteiger partial charge >= 0.3 is 0 Å². The molecule has 132 valence electrons. The van der Waals surface area contributed by atoms with Gasteiger partial charge in [0.05, 0.1) is 18.9 Å². The highest BCUT2D eigenvalue weighted by molar-refractivity contribution is 5.92. The lowest BCUT2D eigenvalue weighted by molar-refractivity contribution is 0.0703.